The highest BCUT2D eigenvalue weighted by Crippen LogP contribution is 2.25. The maximum absolute atomic E-state index is 12.4. The van der Waals surface area contributed by atoms with Crippen LogP contribution in [0.2, 0.25) is 0 Å². The molecule has 0 radical (unpaired) electrons. The van der Waals surface area contributed by atoms with Gasteiger partial charge in [0.05, 0.1) is 11.4 Å². The Kier molecular flexibility index (Phi) is 4.38. The van der Waals surface area contributed by atoms with E-state index in [1.807, 2.05) is 49.4 Å². The molecule has 1 unspecified atom stereocenters. The van der Waals surface area contributed by atoms with Crippen LogP contribution < -0.4 is 11.1 Å². The van der Waals surface area contributed by atoms with Crippen LogP contribution in [-0.4, -0.2) is 13.0 Å². The van der Waals surface area contributed by atoms with Crippen molar-refractivity contribution in [2.45, 2.75) is 13.0 Å². The largest absolute Gasteiger partial charge is 0.397 e. The third kappa shape index (κ3) is 2.97. The lowest BCUT2D eigenvalue weighted by atomic mass is 10.1. The Balaban J connectivity index is 2.23. The molecule has 0 bridgehead atoms. The second kappa shape index (κ2) is 6.21. The van der Waals surface area contributed by atoms with Gasteiger partial charge in [-0.15, -0.1) is 0 Å². The molecule has 0 aliphatic carbocycles. The van der Waals surface area contributed by atoms with Gasteiger partial charge < -0.3 is 15.8 Å². The molecule has 0 aliphatic rings. The summed E-state index contributed by atoms with van der Waals surface area (Å²) < 4.78 is 5.30. The fraction of sp³-hybridized carbons (Fsp3) is 0.188. The highest BCUT2D eigenvalue weighted by Gasteiger charge is 2.21. The zero-order valence-electron chi connectivity index (χ0n) is 11.6. The molecule has 0 fully saturated rings. The summed E-state index contributed by atoms with van der Waals surface area (Å²) in [6.45, 7) is 1.90. The molecular weight excluding hydrogens is 252 g/mol. The van der Waals surface area contributed by atoms with Crippen molar-refractivity contribution in [1.29, 1.82) is 0 Å². The summed E-state index contributed by atoms with van der Waals surface area (Å²) in [5.74, 6) is -0.236. The lowest BCUT2D eigenvalue weighted by Gasteiger charge is -2.17. The van der Waals surface area contributed by atoms with E-state index >= 15 is 0 Å². The van der Waals surface area contributed by atoms with Crippen LogP contribution in [-0.2, 0) is 9.53 Å². The van der Waals surface area contributed by atoms with E-state index in [2.05, 4.69) is 5.32 Å². The Morgan fingerprint density at radius 3 is 2.45 bits per heavy atom. The van der Waals surface area contributed by atoms with Crippen LogP contribution in [0.5, 0.6) is 0 Å². The molecule has 0 saturated heterocycles. The normalized spacial score (nSPS) is 11.9. The van der Waals surface area contributed by atoms with E-state index in [0.29, 0.717) is 11.4 Å². The molecule has 0 spiro atoms. The van der Waals surface area contributed by atoms with Crippen LogP contribution in [0, 0.1) is 6.92 Å². The first kappa shape index (κ1) is 14.1. The number of nitrogen functional groups attached to an aromatic ring is 1. The fourth-order valence-corrected chi connectivity index (χ4v) is 2.07. The number of benzene rings is 2. The number of hydrogen-bond acceptors (Lipinski definition) is 3. The van der Waals surface area contributed by atoms with Gasteiger partial charge in [0.1, 0.15) is 0 Å². The number of rotatable bonds is 4. The van der Waals surface area contributed by atoms with Crippen molar-refractivity contribution >= 4 is 17.3 Å². The number of ether oxygens (including phenoxy) is 1. The smallest absolute Gasteiger partial charge is 0.258 e. The lowest BCUT2D eigenvalue weighted by Crippen LogP contribution is -2.23. The zero-order chi connectivity index (χ0) is 14.5. The third-order valence-corrected chi connectivity index (χ3v) is 3.13. The first-order valence-electron chi connectivity index (χ1n) is 6.37. The summed E-state index contributed by atoms with van der Waals surface area (Å²) in [4.78, 5) is 12.4. The molecule has 0 saturated carbocycles. The molecule has 2 rings (SSSR count). The van der Waals surface area contributed by atoms with Gasteiger partial charge in [0.15, 0.2) is 6.10 Å². The monoisotopic (exact) mass is 270 g/mol. The van der Waals surface area contributed by atoms with E-state index < -0.39 is 6.10 Å². The number of nitrogens with one attached hydrogen (secondary N) is 1. The number of carbonyl (C=O) groups is 1. The summed E-state index contributed by atoms with van der Waals surface area (Å²) in [5, 5.41) is 2.84. The molecule has 1 amide bonds. The third-order valence-electron chi connectivity index (χ3n) is 3.13. The van der Waals surface area contributed by atoms with Crippen LogP contribution in [0.3, 0.4) is 0 Å². The Bertz CT molecular complexity index is 576. The minimum Gasteiger partial charge on any atom is -0.397 e. The zero-order valence-corrected chi connectivity index (χ0v) is 11.6. The molecule has 0 aliphatic heterocycles. The van der Waals surface area contributed by atoms with E-state index in [9.17, 15) is 4.79 Å². The van der Waals surface area contributed by atoms with Crippen LogP contribution >= 0.6 is 0 Å². The standard InChI is InChI=1S/C16H18N2O2/c1-11-7-6-10-13(17)14(11)18-16(19)15(20-2)12-8-4-3-5-9-12/h3-10,15H,17H2,1-2H3,(H,18,19). The lowest BCUT2D eigenvalue weighted by molar-refractivity contribution is -0.126. The highest BCUT2D eigenvalue weighted by molar-refractivity contribution is 5.98. The Morgan fingerprint density at radius 1 is 1.15 bits per heavy atom. The molecule has 3 N–H and O–H groups in total. The van der Waals surface area contributed by atoms with Gasteiger partial charge >= 0.3 is 0 Å². The summed E-state index contributed by atoms with van der Waals surface area (Å²) in [7, 11) is 1.51. The second-order valence-electron chi connectivity index (χ2n) is 4.55. The molecule has 20 heavy (non-hydrogen) atoms. The summed E-state index contributed by atoms with van der Waals surface area (Å²) in [6, 6.07) is 14.9. The van der Waals surface area contributed by atoms with Crippen molar-refractivity contribution in [3.63, 3.8) is 0 Å². The van der Waals surface area contributed by atoms with E-state index in [1.54, 1.807) is 6.07 Å². The fourth-order valence-electron chi connectivity index (χ4n) is 2.07. The van der Waals surface area contributed by atoms with Crippen LogP contribution in [0.1, 0.15) is 17.2 Å². The van der Waals surface area contributed by atoms with Gasteiger partial charge in [0.2, 0.25) is 0 Å². The number of para-hydroxylation sites is 1. The predicted molar refractivity (Wildman–Crippen MR) is 80.4 cm³/mol. The first-order chi connectivity index (χ1) is 9.63. The maximum atomic E-state index is 12.4. The van der Waals surface area contributed by atoms with E-state index in [4.69, 9.17) is 10.5 Å². The van der Waals surface area contributed by atoms with Crippen molar-refractivity contribution in [1.82, 2.24) is 0 Å². The number of carbonyl (C=O) groups excluding carboxylic acids is 1. The second-order valence-corrected chi connectivity index (χ2v) is 4.55. The predicted octanol–water partition coefficient (Wildman–Crippen LogP) is 2.90. The number of anilines is 2. The van der Waals surface area contributed by atoms with Gasteiger partial charge in [-0.25, -0.2) is 0 Å². The summed E-state index contributed by atoms with van der Waals surface area (Å²) in [6.07, 6.45) is -0.657. The summed E-state index contributed by atoms with van der Waals surface area (Å²) in [5.41, 5.74) is 8.80. The molecule has 1 atom stereocenters. The van der Waals surface area contributed by atoms with Crippen molar-refractivity contribution in [3.05, 3.63) is 59.7 Å². The van der Waals surface area contributed by atoms with E-state index in [1.165, 1.54) is 7.11 Å². The van der Waals surface area contributed by atoms with Crippen molar-refractivity contribution in [2.75, 3.05) is 18.2 Å². The Hall–Kier alpha value is -2.33. The van der Waals surface area contributed by atoms with E-state index in [0.717, 1.165) is 11.1 Å². The first-order valence-corrected chi connectivity index (χ1v) is 6.37. The molecule has 2 aromatic rings. The van der Waals surface area contributed by atoms with Crippen molar-refractivity contribution in [3.8, 4) is 0 Å². The number of aryl methyl sites for hydroxylation is 1. The molecule has 4 nitrogen and oxygen atoms in total. The topological polar surface area (TPSA) is 64.3 Å². The summed E-state index contributed by atoms with van der Waals surface area (Å²) >= 11 is 0. The Morgan fingerprint density at radius 2 is 1.85 bits per heavy atom. The van der Waals surface area contributed by atoms with Crippen LogP contribution in [0.25, 0.3) is 0 Å². The van der Waals surface area contributed by atoms with Crippen molar-refractivity contribution in [2.24, 2.45) is 0 Å². The molecular formula is C16H18N2O2. The van der Waals surface area contributed by atoms with Gasteiger partial charge in [0, 0.05) is 7.11 Å². The van der Waals surface area contributed by atoms with E-state index in [-0.39, 0.29) is 5.91 Å². The molecule has 0 heterocycles. The number of nitrogens with two attached hydrogens (primary N) is 1. The molecule has 104 valence electrons. The maximum Gasteiger partial charge on any atom is 0.258 e. The van der Waals surface area contributed by atoms with Gasteiger partial charge in [0.25, 0.3) is 5.91 Å². The highest BCUT2D eigenvalue weighted by atomic mass is 16.5. The van der Waals surface area contributed by atoms with Gasteiger partial charge in [-0.05, 0) is 24.1 Å². The molecule has 2 aromatic carbocycles. The Labute approximate surface area is 118 Å². The molecule has 4 heteroatoms. The van der Waals surface area contributed by atoms with Crippen molar-refractivity contribution < 1.29 is 9.53 Å². The average molecular weight is 270 g/mol. The van der Waals surface area contributed by atoms with Crippen LogP contribution in [0.4, 0.5) is 11.4 Å². The quantitative estimate of drug-likeness (QED) is 0.840. The minimum absolute atomic E-state index is 0.236. The number of methoxy groups -OCH3 is 1. The van der Waals surface area contributed by atoms with Crippen LogP contribution in [0.15, 0.2) is 48.5 Å². The van der Waals surface area contributed by atoms with Gasteiger partial charge in [-0.3, -0.25) is 4.79 Å². The molecule has 0 aromatic heterocycles. The van der Waals surface area contributed by atoms with Gasteiger partial charge in [-0.1, -0.05) is 42.5 Å². The number of amides is 1. The SMILES string of the molecule is COC(C(=O)Nc1c(C)cccc1N)c1ccccc1. The minimum atomic E-state index is -0.657. The average Bonchev–Trinajstić information content (AvgIpc) is 2.45. The number of hydrogen-bond donors (Lipinski definition) is 2. The van der Waals surface area contributed by atoms with Gasteiger partial charge in [-0.2, -0.15) is 0 Å².